The fraction of sp³-hybridized carbons (Fsp3) is 0.619. The summed E-state index contributed by atoms with van der Waals surface area (Å²) in [5.74, 6) is 0.346. The maximum atomic E-state index is 12.9. The number of carbonyl (C=O) groups excluding carboxylic acids is 2. The third-order valence-corrected chi connectivity index (χ3v) is 4.28. The van der Waals surface area contributed by atoms with Crippen LogP contribution in [-0.2, 0) is 9.53 Å². The van der Waals surface area contributed by atoms with Crippen molar-refractivity contribution in [1.29, 1.82) is 0 Å². The fourth-order valence-electron chi connectivity index (χ4n) is 2.93. The highest BCUT2D eigenvalue weighted by molar-refractivity contribution is 5.91. The lowest BCUT2D eigenvalue weighted by atomic mass is 9.93. The third kappa shape index (κ3) is 6.36. The van der Waals surface area contributed by atoms with Gasteiger partial charge in [0.2, 0.25) is 0 Å². The van der Waals surface area contributed by atoms with E-state index in [0.717, 1.165) is 23.2 Å². The molecule has 0 bridgehead atoms. The van der Waals surface area contributed by atoms with Crippen LogP contribution in [0.25, 0.3) is 0 Å². The lowest BCUT2D eigenvalue weighted by Crippen LogP contribution is -2.37. The quantitative estimate of drug-likeness (QED) is 0.620. The number of ether oxygens (including phenoxy) is 1. The third-order valence-electron chi connectivity index (χ3n) is 4.28. The van der Waals surface area contributed by atoms with Gasteiger partial charge in [-0.05, 0) is 36.3 Å². The molecule has 26 heavy (non-hydrogen) atoms. The van der Waals surface area contributed by atoms with Gasteiger partial charge in [-0.3, -0.25) is 4.79 Å². The largest absolute Gasteiger partial charge is 0.466 e. The Morgan fingerprint density at radius 1 is 1.04 bits per heavy atom. The standard InChI is InChI=1S/C21H34N2O3/c1-7-13-23(14-12-19(24)26-8-2)21(25)22-20-17(15(3)4)10-9-11-18(20)16(5)6/h9-11,15-16H,7-8,12-14H2,1-6H3,(H,22,25). The predicted octanol–water partition coefficient (Wildman–Crippen LogP) is 5.13. The van der Waals surface area contributed by atoms with E-state index in [1.54, 1.807) is 11.8 Å². The van der Waals surface area contributed by atoms with Crippen LogP contribution in [0.3, 0.4) is 0 Å². The number of urea groups is 1. The number of amides is 2. The summed E-state index contributed by atoms with van der Waals surface area (Å²) in [6.07, 6.45) is 1.04. The number of hydrogen-bond donors (Lipinski definition) is 1. The average molecular weight is 363 g/mol. The molecule has 1 N–H and O–H groups in total. The normalized spacial score (nSPS) is 10.9. The molecular formula is C21H34N2O3. The molecule has 0 radical (unpaired) electrons. The first kappa shape index (κ1) is 22.0. The molecule has 146 valence electrons. The Hall–Kier alpha value is -2.04. The minimum absolute atomic E-state index is 0.161. The Kier molecular flexibility index (Phi) is 9.17. The number of rotatable bonds is 9. The van der Waals surface area contributed by atoms with Crippen LogP contribution >= 0.6 is 0 Å². The topological polar surface area (TPSA) is 58.6 Å². The molecule has 1 aromatic carbocycles. The molecule has 0 saturated carbocycles. The smallest absolute Gasteiger partial charge is 0.321 e. The van der Waals surface area contributed by atoms with Crippen LogP contribution in [0.15, 0.2) is 18.2 Å². The summed E-state index contributed by atoms with van der Waals surface area (Å²) in [7, 11) is 0. The Morgan fingerprint density at radius 2 is 1.62 bits per heavy atom. The van der Waals surface area contributed by atoms with Crippen LogP contribution in [0.4, 0.5) is 10.5 Å². The van der Waals surface area contributed by atoms with Crippen molar-refractivity contribution in [2.75, 3.05) is 25.0 Å². The summed E-state index contributed by atoms with van der Waals surface area (Å²) < 4.78 is 4.97. The van der Waals surface area contributed by atoms with E-state index in [1.165, 1.54) is 0 Å². The van der Waals surface area contributed by atoms with Crippen molar-refractivity contribution in [3.63, 3.8) is 0 Å². The molecule has 5 nitrogen and oxygen atoms in total. The zero-order chi connectivity index (χ0) is 19.7. The molecule has 0 spiro atoms. The van der Waals surface area contributed by atoms with Gasteiger partial charge in [0.25, 0.3) is 0 Å². The van der Waals surface area contributed by atoms with Gasteiger partial charge in [0.05, 0.1) is 13.0 Å². The zero-order valence-corrected chi connectivity index (χ0v) is 17.1. The van der Waals surface area contributed by atoms with Crippen molar-refractivity contribution in [1.82, 2.24) is 4.90 Å². The first-order valence-electron chi connectivity index (χ1n) is 9.66. The maximum Gasteiger partial charge on any atom is 0.321 e. The average Bonchev–Trinajstić information content (AvgIpc) is 2.58. The number of carbonyl (C=O) groups is 2. The zero-order valence-electron chi connectivity index (χ0n) is 17.1. The summed E-state index contributed by atoms with van der Waals surface area (Å²) in [5.41, 5.74) is 3.16. The number of benzene rings is 1. The highest BCUT2D eigenvalue weighted by Gasteiger charge is 2.20. The predicted molar refractivity (Wildman–Crippen MR) is 107 cm³/mol. The molecule has 0 aromatic heterocycles. The summed E-state index contributed by atoms with van der Waals surface area (Å²) in [5, 5.41) is 3.12. The van der Waals surface area contributed by atoms with Gasteiger partial charge < -0.3 is 15.0 Å². The summed E-state index contributed by atoms with van der Waals surface area (Å²) in [6, 6.07) is 6.01. The van der Waals surface area contributed by atoms with E-state index in [9.17, 15) is 9.59 Å². The van der Waals surface area contributed by atoms with E-state index < -0.39 is 0 Å². The van der Waals surface area contributed by atoms with Crippen molar-refractivity contribution in [2.24, 2.45) is 0 Å². The van der Waals surface area contributed by atoms with E-state index in [0.29, 0.717) is 31.5 Å². The molecule has 0 heterocycles. The summed E-state index contributed by atoms with van der Waals surface area (Å²) >= 11 is 0. The van der Waals surface area contributed by atoms with E-state index in [4.69, 9.17) is 4.74 Å². The van der Waals surface area contributed by atoms with Crippen LogP contribution in [0.5, 0.6) is 0 Å². The molecule has 0 aliphatic rings. The van der Waals surface area contributed by atoms with Crippen molar-refractivity contribution in [3.8, 4) is 0 Å². The molecule has 1 aromatic rings. The second-order valence-electron chi connectivity index (χ2n) is 7.09. The molecule has 0 aliphatic carbocycles. The van der Waals surface area contributed by atoms with Crippen molar-refractivity contribution < 1.29 is 14.3 Å². The minimum atomic E-state index is -0.271. The first-order chi connectivity index (χ1) is 12.3. The Balaban J connectivity index is 2.99. The Bertz CT molecular complexity index is 571. The van der Waals surface area contributed by atoms with E-state index in [2.05, 4.69) is 45.1 Å². The summed E-state index contributed by atoms with van der Waals surface area (Å²) in [6.45, 7) is 13.6. The highest BCUT2D eigenvalue weighted by Crippen LogP contribution is 2.32. The lowest BCUT2D eigenvalue weighted by Gasteiger charge is -2.25. The fourth-order valence-corrected chi connectivity index (χ4v) is 2.93. The minimum Gasteiger partial charge on any atom is -0.466 e. The maximum absolute atomic E-state index is 12.9. The highest BCUT2D eigenvalue weighted by atomic mass is 16.5. The van der Waals surface area contributed by atoms with Gasteiger partial charge in [-0.2, -0.15) is 0 Å². The van der Waals surface area contributed by atoms with Crippen LogP contribution in [-0.4, -0.2) is 36.6 Å². The van der Waals surface area contributed by atoms with Gasteiger partial charge in [-0.25, -0.2) is 4.79 Å². The van der Waals surface area contributed by atoms with Gasteiger partial charge in [0, 0.05) is 18.8 Å². The van der Waals surface area contributed by atoms with E-state index in [1.807, 2.05) is 13.0 Å². The van der Waals surface area contributed by atoms with Crippen molar-refractivity contribution in [2.45, 2.75) is 66.2 Å². The van der Waals surface area contributed by atoms with E-state index >= 15 is 0 Å². The van der Waals surface area contributed by atoms with Gasteiger partial charge in [0.1, 0.15) is 0 Å². The molecule has 0 atom stereocenters. The number of hydrogen-bond acceptors (Lipinski definition) is 3. The lowest BCUT2D eigenvalue weighted by molar-refractivity contribution is -0.143. The molecular weight excluding hydrogens is 328 g/mol. The number of esters is 1. The summed E-state index contributed by atoms with van der Waals surface area (Å²) in [4.78, 5) is 26.2. The number of nitrogens with one attached hydrogen (secondary N) is 1. The van der Waals surface area contributed by atoms with Gasteiger partial charge in [-0.1, -0.05) is 52.8 Å². The Morgan fingerprint density at radius 3 is 2.08 bits per heavy atom. The molecule has 1 rings (SSSR count). The Labute approximate surface area is 158 Å². The molecule has 0 saturated heterocycles. The van der Waals surface area contributed by atoms with Crippen molar-refractivity contribution >= 4 is 17.7 Å². The molecule has 5 heteroatoms. The molecule has 0 fully saturated rings. The number of anilines is 1. The number of para-hydroxylation sites is 1. The van der Waals surface area contributed by atoms with E-state index in [-0.39, 0.29) is 18.4 Å². The second-order valence-corrected chi connectivity index (χ2v) is 7.09. The molecule has 0 aliphatic heterocycles. The van der Waals surface area contributed by atoms with Crippen LogP contribution < -0.4 is 5.32 Å². The van der Waals surface area contributed by atoms with Gasteiger partial charge in [-0.15, -0.1) is 0 Å². The SMILES string of the molecule is CCCN(CCC(=O)OCC)C(=O)Nc1c(C(C)C)cccc1C(C)C. The van der Waals surface area contributed by atoms with Gasteiger partial charge in [0.15, 0.2) is 0 Å². The second kappa shape index (κ2) is 10.8. The van der Waals surface area contributed by atoms with Crippen LogP contribution in [0.2, 0.25) is 0 Å². The molecule has 2 amide bonds. The van der Waals surface area contributed by atoms with Crippen LogP contribution in [0, 0.1) is 0 Å². The monoisotopic (exact) mass is 362 g/mol. The number of nitrogens with zero attached hydrogens (tertiary/aromatic N) is 1. The molecule has 0 unspecified atom stereocenters. The van der Waals surface area contributed by atoms with Crippen molar-refractivity contribution in [3.05, 3.63) is 29.3 Å². The van der Waals surface area contributed by atoms with Gasteiger partial charge >= 0.3 is 12.0 Å². The first-order valence-corrected chi connectivity index (χ1v) is 9.66. The van der Waals surface area contributed by atoms with Crippen LogP contribution in [0.1, 0.15) is 77.3 Å².